The minimum atomic E-state index is 0.807. The molecule has 0 aliphatic heterocycles. The molecule has 0 aromatic heterocycles. The Morgan fingerprint density at radius 3 is 1.67 bits per heavy atom. The first-order chi connectivity index (χ1) is 5.56. The van der Waals surface area contributed by atoms with Crippen LogP contribution in [0.4, 0.5) is 0 Å². The number of hydrogen-bond donors (Lipinski definition) is 0. The van der Waals surface area contributed by atoms with Crippen molar-refractivity contribution in [3.63, 3.8) is 0 Å². The summed E-state index contributed by atoms with van der Waals surface area (Å²) in [7, 11) is 0. The monoisotopic (exact) mass is 168 g/mol. The molecule has 0 aromatic carbocycles. The van der Waals surface area contributed by atoms with E-state index in [1.165, 1.54) is 19.3 Å². The summed E-state index contributed by atoms with van der Waals surface area (Å²) in [5, 5.41) is 0. The Bertz CT molecular complexity index is 117. The largest absolute Gasteiger partial charge is 0.0856 e. The topological polar surface area (TPSA) is 0 Å². The van der Waals surface area contributed by atoms with Gasteiger partial charge >= 0.3 is 0 Å². The van der Waals surface area contributed by atoms with Crippen LogP contribution in [0.25, 0.3) is 0 Å². The molecule has 0 unspecified atom stereocenters. The Balaban J connectivity index is 3.96. The van der Waals surface area contributed by atoms with Gasteiger partial charge in [0.25, 0.3) is 0 Å². The molecule has 0 saturated heterocycles. The quantitative estimate of drug-likeness (QED) is 0.533. The molecule has 12 heavy (non-hydrogen) atoms. The van der Waals surface area contributed by atoms with Crippen LogP contribution < -0.4 is 0 Å². The van der Waals surface area contributed by atoms with E-state index in [2.05, 4.69) is 40.7 Å². The van der Waals surface area contributed by atoms with E-state index in [1.807, 2.05) is 0 Å². The maximum absolute atomic E-state index is 2.40. The predicted molar refractivity (Wildman–Crippen MR) is 57.3 cm³/mol. The molecule has 0 aliphatic rings. The standard InChI is InChI=1S/C12H24/c1-6-7-12(8-10(2)3)9-11(4)5/h7,10-11H,6,8-9H2,1-5H3. The maximum atomic E-state index is 2.40. The number of hydrogen-bond acceptors (Lipinski definition) is 0. The lowest BCUT2D eigenvalue weighted by atomic mass is 9.94. The highest BCUT2D eigenvalue weighted by atomic mass is 14.1. The second kappa shape index (κ2) is 6.28. The summed E-state index contributed by atoms with van der Waals surface area (Å²) in [4.78, 5) is 0. The van der Waals surface area contributed by atoms with Crippen molar-refractivity contribution < 1.29 is 0 Å². The van der Waals surface area contributed by atoms with Crippen LogP contribution in [0.15, 0.2) is 11.6 Å². The van der Waals surface area contributed by atoms with Crippen molar-refractivity contribution >= 4 is 0 Å². The van der Waals surface area contributed by atoms with Crippen molar-refractivity contribution in [3.05, 3.63) is 11.6 Å². The molecule has 72 valence electrons. The SMILES string of the molecule is CCC=C(CC(C)C)CC(C)C. The molecule has 0 atom stereocenters. The lowest BCUT2D eigenvalue weighted by Gasteiger charge is -2.12. The van der Waals surface area contributed by atoms with Gasteiger partial charge in [-0.3, -0.25) is 0 Å². The average molecular weight is 168 g/mol. The van der Waals surface area contributed by atoms with Crippen LogP contribution in [0.5, 0.6) is 0 Å². The Morgan fingerprint density at radius 1 is 1.00 bits per heavy atom. The average Bonchev–Trinajstić information content (AvgIpc) is 1.84. The highest BCUT2D eigenvalue weighted by Gasteiger charge is 2.03. The molecule has 0 aromatic rings. The van der Waals surface area contributed by atoms with Gasteiger partial charge in [0.15, 0.2) is 0 Å². The normalized spacial score (nSPS) is 10.9. The van der Waals surface area contributed by atoms with Crippen molar-refractivity contribution in [2.45, 2.75) is 53.9 Å². The minimum absolute atomic E-state index is 0.807. The Labute approximate surface area is 78.1 Å². The molecule has 0 N–H and O–H groups in total. The fraction of sp³-hybridized carbons (Fsp3) is 0.833. The lowest BCUT2D eigenvalue weighted by Crippen LogP contribution is -1.96. The van der Waals surface area contributed by atoms with Gasteiger partial charge in [-0.25, -0.2) is 0 Å². The van der Waals surface area contributed by atoms with Crippen LogP contribution in [-0.2, 0) is 0 Å². The van der Waals surface area contributed by atoms with Crippen LogP contribution in [0.1, 0.15) is 53.9 Å². The van der Waals surface area contributed by atoms with E-state index >= 15 is 0 Å². The fourth-order valence-electron chi connectivity index (χ4n) is 1.59. The smallest absolute Gasteiger partial charge is 0.0297 e. The summed E-state index contributed by atoms with van der Waals surface area (Å²) >= 11 is 0. The second-order valence-corrected chi connectivity index (χ2v) is 4.47. The van der Waals surface area contributed by atoms with Gasteiger partial charge in [0, 0.05) is 0 Å². The third-order valence-corrected chi connectivity index (χ3v) is 1.83. The molecule has 0 aliphatic carbocycles. The molecule has 0 rings (SSSR count). The van der Waals surface area contributed by atoms with Gasteiger partial charge in [-0.15, -0.1) is 0 Å². The van der Waals surface area contributed by atoms with Crippen molar-refractivity contribution in [1.82, 2.24) is 0 Å². The van der Waals surface area contributed by atoms with Crippen LogP contribution in [0.3, 0.4) is 0 Å². The zero-order valence-electron chi connectivity index (χ0n) is 9.35. The molecular formula is C12H24. The Morgan fingerprint density at radius 2 is 1.42 bits per heavy atom. The van der Waals surface area contributed by atoms with E-state index in [0.29, 0.717) is 0 Å². The highest BCUT2D eigenvalue weighted by molar-refractivity contribution is 5.02. The molecule has 0 bridgehead atoms. The molecule has 0 heterocycles. The van der Waals surface area contributed by atoms with Gasteiger partial charge < -0.3 is 0 Å². The molecule has 0 spiro atoms. The molecule has 0 fully saturated rings. The van der Waals surface area contributed by atoms with Gasteiger partial charge in [-0.1, -0.05) is 46.3 Å². The zero-order valence-corrected chi connectivity index (χ0v) is 9.35. The Kier molecular flexibility index (Phi) is 6.14. The fourth-order valence-corrected chi connectivity index (χ4v) is 1.59. The van der Waals surface area contributed by atoms with Crippen molar-refractivity contribution in [1.29, 1.82) is 0 Å². The van der Waals surface area contributed by atoms with E-state index in [1.54, 1.807) is 5.57 Å². The number of rotatable bonds is 5. The lowest BCUT2D eigenvalue weighted by molar-refractivity contribution is 0.569. The van der Waals surface area contributed by atoms with Crippen LogP contribution in [0, 0.1) is 11.8 Å². The third kappa shape index (κ3) is 6.45. The van der Waals surface area contributed by atoms with Gasteiger partial charge in [0.05, 0.1) is 0 Å². The van der Waals surface area contributed by atoms with Crippen molar-refractivity contribution in [3.8, 4) is 0 Å². The van der Waals surface area contributed by atoms with E-state index in [0.717, 1.165) is 11.8 Å². The van der Waals surface area contributed by atoms with Gasteiger partial charge in [0.1, 0.15) is 0 Å². The molecule has 0 radical (unpaired) electrons. The minimum Gasteiger partial charge on any atom is -0.0856 e. The van der Waals surface area contributed by atoms with Crippen LogP contribution in [-0.4, -0.2) is 0 Å². The van der Waals surface area contributed by atoms with Crippen LogP contribution >= 0.6 is 0 Å². The van der Waals surface area contributed by atoms with E-state index < -0.39 is 0 Å². The molecule has 0 nitrogen and oxygen atoms in total. The van der Waals surface area contributed by atoms with Crippen molar-refractivity contribution in [2.24, 2.45) is 11.8 Å². The first-order valence-corrected chi connectivity index (χ1v) is 5.24. The summed E-state index contributed by atoms with van der Waals surface area (Å²) in [5.74, 6) is 1.61. The molecular weight excluding hydrogens is 144 g/mol. The van der Waals surface area contributed by atoms with Gasteiger partial charge in [-0.05, 0) is 31.1 Å². The van der Waals surface area contributed by atoms with Crippen molar-refractivity contribution in [2.75, 3.05) is 0 Å². The van der Waals surface area contributed by atoms with Crippen LogP contribution in [0.2, 0.25) is 0 Å². The summed E-state index contributed by atoms with van der Waals surface area (Å²) < 4.78 is 0. The maximum Gasteiger partial charge on any atom is -0.0297 e. The van der Waals surface area contributed by atoms with E-state index in [4.69, 9.17) is 0 Å². The first-order valence-electron chi connectivity index (χ1n) is 5.24. The number of allylic oxidation sites excluding steroid dienone is 2. The second-order valence-electron chi connectivity index (χ2n) is 4.47. The van der Waals surface area contributed by atoms with E-state index in [-0.39, 0.29) is 0 Å². The zero-order chi connectivity index (χ0) is 9.56. The predicted octanol–water partition coefficient (Wildman–Crippen LogP) is 4.42. The molecule has 0 amide bonds. The summed E-state index contributed by atoms with van der Waals surface area (Å²) in [6.45, 7) is 11.4. The highest BCUT2D eigenvalue weighted by Crippen LogP contribution is 2.19. The summed E-state index contributed by atoms with van der Waals surface area (Å²) in [6.07, 6.45) is 6.16. The summed E-state index contributed by atoms with van der Waals surface area (Å²) in [5.41, 5.74) is 1.66. The van der Waals surface area contributed by atoms with Gasteiger partial charge in [-0.2, -0.15) is 0 Å². The first kappa shape index (κ1) is 11.7. The van der Waals surface area contributed by atoms with E-state index in [9.17, 15) is 0 Å². The molecule has 0 heteroatoms. The Hall–Kier alpha value is -0.260. The third-order valence-electron chi connectivity index (χ3n) is 1.83. The van der Waals surface area contributed by atoms with Gasteiger partial charge in [0.2, 0.25) is 0 Å². The summed E-state index contributed by atoms with van der Waals surface area (Å²) in [6, 6.07) is 0. The molecule has 0 saturated carbocycles.